The van der Waals surface area contributed by atoms with E-state index >= 15 is 0 Å². The molecular formula is C10H17BrN2O2. The van der Waals surface area contributed by atoms with Crippen LogP contribution < -0.4 is 5.32 Å². The minimum Gasteiger partial charge on any atom is -0.353 e. The average Bonchev–Trinajstić information content (AvgIpc) is 2.17. The van der Waals surface area contributed by atoms with Gasteiger partial charge in [-0.2, -0.15) is 0 Å². The highest BCUT2D eigenvalue weighted by Gasteiger charge is 2.24. The summed E-state index contributed by atoms with van der Waals surface area (Å²) in [5.41, 5.74) is 0. The summed E-state index contributed by atoms with van der Waals surface area (Å²) >= 11 is 3.27. The summed E-state index contributed by atoms with van der Waals surface area (Å²) in [4.78, 5) is 24.2. The van der Waals surface area contributed by atoms with Crippen molar-refractivity contribution >= 4 is 27.7 Å². The molecule has 1 fully saturated rings. The van der Waals surface area contributed by atoms with E-state index in [1.165, 1.54) is 6.92 Å². The van der Waals surface area contributed by atoms with Crippen molar-refractivity contribution in [1.29, 1.82) is 0 Å². The molecule has 2 amide bonds. The predicted molar refractivity (Wildman–Crippen MR) is 61.8 cm³/mol. The van der Waals surface area contributed by atoms with Crippen LogP contribution in [0.2, 0.25) is 0 Å². The number of hydrogen-bond donors (Lipinski definition) is 1. The number of nitrogens with zero attached hydrogens (tertiary/aromatic N) is 1. The van der Waals surface area contributed by atoms with Crippen molar-refractivity contribution in [2.45, 2.75) is 37.6 Å². The lowest BCUT2D eigenvalue weighted by Crippen LogP contribution is -2.47. The fourth-order valence-corrected chi connectivity index (χ4v) is 2.07. The van der Waals surface area contributed by atoms with Crippen molar-refractivity contribution in [3.63, 3.8) is 0 Å². The average molecular weight is 277 g/mol. The number of halogens is 1. The second-order valence-electron chi connectivity index (χ2n) is 3.92. The zero-order chi connectivity index (χ0) is 11.4. The van der Waals surface area contributed by atoms with Crippen molar-refractivity contribution in [2.24, 2.45) is 0 Å². The van der Waals surface area contributed by atoms with E-state index in [1.54, 1.807) is 0 Å². The van der Waals surface area contributed by atoms with E-state index < -0.39 is 0 Å². The number of nitrogens with one attached hydrogen (secondary N) is 1. The summed E-state index contributed by atoms with van der Waals surface area (Å²) in [6.07, 6.45) is 1.70. The van der Waals surface area contributed by atoms with Gasteiger partial charge in [-0.15, -0.1) is 0 Å². The van der Waals surface area contributed by atoms with E-state index in [-0.39, 0.29) is 22.7 Å². The molecule has 5 heteroatoms. The number of hydrogen-bond acceptors (Lipinski definition) is 2. The first kappa shape index (κ1) is 12.5. The molecule has 1 atom stereocenters. The van der Waals surface area contributed by atoms with Crippen molar-refractivity contribution in [3.8, 4) is 0 Å². The minimum atomic E-state index is -0.116. The number of carbonyl (C=O) groups excluding carboxylic acids is 2. The third kappa shape index (κ3) is 3.81. The van der Waals surface area contributed by atoms with Gasteiger partial charge in [0.15, 0.2) is 0 Å². The van der Waals surface area contributed by atoms with E-state index in [4.69, 9.17) is 0 Å². The fourth-order valence-electron chi connectivity index (χ4n) is 1.78. The Morgan fingerprint density at radius 3 is 2.33 bits per heavy atom. The highest BCUT2D eigenvalue weighted by molar-refractivity contribution is 9.10. The van der Waals surface area contributed by atoms with Gasteiger partial charge in [0.05, 0.1) is 4.83 Å². The molecule has 0 aromatic rings. The van der Waals surface area contributed by atoms with Crippen LogP contribution in [0.3, 0.4) is 0 Å². The molecule has 0 aromatic heterocycles. The first-order valence-electron chi connectivity index (χ1n) is 5.20. The Morgan fingerprint density at radius 1 is 1.40 bits per heavy atom. The van der Waals surface area contributed by atoms with Crippen LogP contribution in [0, 0.1) is 0 Å². The maximum absolute atomic E-state index is 11.6. The van der Waals surface area contributed by atoms with Gasteiger partial charge in [0, 0.05) is 26.1 Å². The summed E-state index contributed by atoms with van der Waals surface area (Å²) in [6, 6.07) is 0.234. The summed E-state index contributed by atoms with van der Waals surface area (Å²) < 4.78 is 0. The van der Waals surface area contributed by atoms with E-state index in [2.05, 4.69) is 21.2 Å². The molecule has 1 aliphatic rings. The number of piperidine rings is 1. The van der Waals surface area contributed by atoms with Crippen molar-refractivity contribution < 1.29 is 9.59 Å². The normalized spacial score (nSPS) is 19.8. The van der Waals surface area contributed by atoms with Crippen LogP contribution in [0.15, 0.2) is 0 Å². The van der Waals surface area contributed by atoms with Crippen LogP contribution in [0.1, 0.15) is 26.7 Å². The molecule has 1 unspecified atom stereocenters. The number of amides is 2. The van der Waals surface area contributed by atoms with Crippen LogP contribution in [0.25, 0.3) is 0 Å². The first-order valence-corrected chi connectivity index (χ1v) is 6.12. The largest absolute Gasteiger partial charge is 0.353 e. The lowest BCUT2D eigenvalue weighted by molar-refractivity contribution is -0.131. The van der Waals surface area contributed by atoms with Gasteiger partial charge >= 0.3 is 0 Å². The number of alkyl halides is 1. The Kier molecular flexibility index (Phi) is 4.57. The van der Waals surface area contributed by atoms with E-state index in [0.717, 1.165) is 25.9 Å². The summed E-state index contributed by atoms with van der Waals surface area (Å²) in [5, 5.41) is 2.88. The molecule has 0 radical (unpaired) electrons. The molecule has 0 bridgehead atoms. The third-order valence-electron chi connectivity index (χ3n) is 2.55. The summed E-state index contributed by atoms with van der Waals surface area (Å²) in [7, 11) is 0. The van der Waals surface area contributed by atoms with Crippen LogP contribution in [-0.2, 0) is 9.59 Å². The molecule has 0 aliphatic carbocycles. The standard InChI is InChI=1S/C10H17BrN2O2/c1-7(11)10(15)13-5-3-9(4-6-13)12-8(2)14/h7,9H,3-6H2,1-2H3,(H,12,14). The Morgan fingerprint density at radius 2 is 1.93 bits per heavy atom. The quantitative estimate of drug-likeness (QED) is 0.762. The smallest absolute Gasteiger partial charge is 0.236 e. The van der Waals surface area contributed by atoms with Crippen LogP contribution >= 0.6 is 15.9 Å². The van der Waals surface area contributed by atoms with Crippen molar-refractivity contribution in [3.05, 3.63) is 0 Å². The molecule has 1 heterocycles. The molecule has 1 aliphatic heterocycles. The monoisotopic (exact) mass is 276 g/mol. The molecule has 15 heavy (non-hydrogen) atoms. The molecule has 4 nitrogen and oxygen atoms in total. The predicted octanol–water partition coefficient (Wildman–Crippen LogP) is 0.897. The van der Waals surface area contributed by atoms with Crippen molar-refractivity contribution in [2.75, 3.05) is 13.1 Å². The number of likely N-dealkylation sites (tertiary alicyclic amines) is 1. The Bertz CT molecular complexity index is 248. The minimum absolute atomic E-state index is 0.00800. The molecule has 1 rings (SSSR count). The van der Waals surface area contributed by atoms with Gasteiger partial charge < -0.3 is 10.2 Å². The number of carbonyl (C=O) groups is 2. The lowest BCUT2D eigenvalue weighted by Gasteiger charge is -2.32. The van der Waals surface area contributed by atoms with Crippen LogP contribution in [-0.4, -0.2) is 40.7 Å². The van der Waals surface area contributed by atoms with E-state index in [0.29, 0.717) is 0 Å². The van der Waals surface area contributed by atoms with Gasteiger partial charge in [0.2, 0.25) is 11.8 Å². The highest BCUT2D eigenvalue weighted by Crippen LogP contribution is 2.13. The number of rotatable bonds is 2. The third-order valence-corrected chi connectivity index (χ3v) is 2.95. The summed E-state index contributed by atoms with van der Waals surface area (Å²) in [5.74, 6) is 0.143. The molecule has 0 saturated carbocycles. The van der Waals surface area contributed by atoms with Gasteiger partial charge in [-0.25, -0.2) is 0 Å². The van der Waals surface area contributed by atoms with Crippen LogP contribution in [0.5, 0.6) is 0 Å². The maximum Gasteiger partial charge on any atom is 0.236 e. The zero-order valence-electron chi connectivity index (χ0n) is 9.12. The van der Waals surface area contributed by atoms with E-state index in [9.17, 15) is 9.59 Å². The van der Waals surface area contributed by atoms with Gasteiger partial charge in [0.1, 0.15) is 0 Å². The van der Waals surface area contributed by atoms with Gasteiger partial charge in [-0.05, 0) is 19.8 Å². The highest BCUT2D eigenvalue weighted by atomic mass is 79.9. The molecule has 86 valence electrons. The van der Waals surface area contributed by atoms with Crippen molar-refractivity contribution in [1.82, 2.24) is 10.2 Å². The van der Waals surface area contributed by atoms with Crippen LogP contribution in [0.4, 0.5) is 0 Å². The van der Waals surface area contributed by atoms with Gasteiger partial charge in [-0.3, -0.25) is 9.59 Å². The second kappa shape index (κ2) is 5.49. The Labute approximate surface area is 98.5 Å². The topological polar surface area (TPSA) is 49.4 Å². The fraction of sp³-hybridized carbons (Fsp3) is 0.800. The lowest BCUT2D eigenvalue weighted by atomic mass is 10.0. The second-order valence-corrected chi connectivity index (χ2v) is 5.29. The maximum atomic E-state index is 11.6. The zero-order valence-corrected chi connectivity index (χ0v) is 10.7. The van der Waals surface area contributed by atoms with Gasteiger partial charge in [0.25, 0.3) is 0 Å². The van der Waals surface area contributed by atoms with E-state index in [1.807, 2.05) is 11.8 Å². The Balaban J connectivity index is 2.35. The van der Waals surface area contributed by atoms with Gasteiger partial charge in [-0.1, -0.05) is 15.9 Å². The molecule has 0 spiro atoms. The molecule has 0 aromatic carbocycles. The Hall–Kier alpha value is -0.580. The molecule has 1 saturated heterocycles. The summed E-state index contributed by atoms with van der Waals surface area (Å²) in [6.45, 7) is 4.83. The molecule has 1 N–H and O–H groups in total. The molecular weight excluding hydrogens is 260 g/mol. The SMILES string of the molecule is CC(=O)NC1CCN(C(=O)C(C)Br)CC1. The first-order chi connectivity index (χ1) is 7.00.